The number of ether oxygens (including phenoxy) is 2. The third-order valence-corrected chi connectivity index (χ3v) is 4.89. The van der Waals surface area contributed by atoms with Crippen molar-refractivity contribution < 1.29 is 14.3 Å². The van der Waals surface area contributed by atoms with Crippen LogP contribution in [0.15, 0.2) is 30.0 Å². The Kier molecular flexibility index (Phi) is 9.00. The average Bonchev–Trinajstić information content (AvgIpc) is 2.59. The number of methoxy groups -OCH3 is 1. The topological polar surface area (TPSA) is 50.8 Å². The molecule has 1 aliphatic rings. The summed E-state index contributed by atoms with van der Waals surface area (Å²) < 4.78 is 10.7. The molecule has 1 saturated heterocycles. The van der Waals surface area contributed by atoms with E-state index >= 15 is 0 Å². The lowest BCUT2D eigenvalue weighted by Crippen LogP contribution is -2.40. The molecule has 0 radical (unpaired) electrons. The number of allylic oxidation sites excluding steroid dienone is 2. The zero-order valence-electron chi connectivity index (χ0n) is 18.1. The Balaban J connectivity index is 2.23. The van der Waals surface area contributed by atoms with Crippen molar-refractivity contribution in [2.24, 2.45) is 5.92 Å². The summed E-state index contributed by atoms with van der Waals surface area (Å²) in [4.78, 5) is 14.4. The number of nitrogens with zero attached hydrogens (tertiary/aromatic N) is 1. The van der Waals surface area contributed by atoms with Crippen molar-refractivity contribution in [2.45, 2.75) is 59.5 Å². The average molecular weight is 389 g/mol. The minimum absolute atomic E-state index is 0.0277. The number of hydrogen-bond donors (Lipinski definition) is 1. The number of aryl methyl sites for hydroxylation is 1. The second-order valence-electron chi connectivity index (χ2n) is 7.89. The van der Waals surface area contributed by atoms with Gasteiger partial charge in [0, 0.05) is 37.3 Å². The van der Waals surface area contributed by atoms with Crippen LogP contribution in [-0.4, -0.2) is 38.9 Å². The molecule has 0 aromatic heterocycles. The Labute approximate surface area is 170 Å². The van der Waals surface area contributed by atoms with E-state index in [0.29, 0.717) is 25.0 Å². The molecule has 0 spiro atoms. The summed E-state index contributed by atoms with van der Waals surface area (Å²) in [6.45, 7) is 11.0. The second kappa shape index (κ2) is 11.2. The Hall–Kier alpha value is -1.85. The van der Waals surface area contributed by atoms with Crippen LogP contribution < -0.4 is 10.2 Å². The fourth-order valence-electron chi connectivity index (χ4n) is 3.41. The zero-order chi connectivity index (χ0) is 20.5. The maximum Gasteiger partial charge on any atom is 0.226 e. The number of amides is 1. The first-order valence-corrected chi connectivity index (χ1v) is 10.4. The highest BCUT2D eigenvalue weighted by Gasteiger charge is 2.25. The first kappa shape index (κ1) is 22.4. The van der Waals surface area contributed by atoms with E-state index in [1.54, 1.807) is 7.11 Å². The Morgan fingerprint density at radius 1 is 1.43 bits per heavy atom. The van der Waals surface area contributed by atoms with Gasteiger partial charge in [-0.15, -0.1) is 0 Å². The molecule has 156 valence electrons. The predicted molar refractivity (Wildman–Crippen MR) is 116 cm³/mol. The normalized spacial score (nSPS) is 16.8. The van der Waals surface area contributed by atoms with Gasteiger partial charge in [-0.3, -0.25) is 4.79 Å². The van der Waals surface area contributed by atoms with Crippen LogP contribution in [0.4, 0.5) is 11.4 Å². The summed E-state index contributed by atoms with van der Waals surface area (Å²) in [5, 5.41) is 2.96. The third-order valence-electron chi connectivity index (χ3n) is 4.89. The molecule has 0 saturated carbocycles. The molecule has 1 heterocycles. The van der Waals surface area contributed by atoms with Crippen molar-refractivity contribution in [3.8, 4) is 0 Å². The first-order valence-electron chi connectivity index (χ1n) is 10.4. The minimum atomic E-state index is -0.0277. The highest BCUT2D eigenvalue weighted by molar-refractivity contribution is 5.91. The summed E-state index contributed by atoms with van der Waals surface area (Å²) in [5.74, 6) is 0.558. The van der Waals surface area contributed by atoms with E-state index in [2.05, 4.69) is 50.1 Å². The fourth-order valence-corrected chi connectivity index (χ4v) is 3.41. The first-order chi connectivity index (χ1) is 13.4. The molecular formula is C23H36N2O3. The van der Waals surface area contributed by atoms with E-state index in [1.165, 1.54) is 11.4 Å². The highest BCUT2D eigenvalue weighted by Crippen LogP contribution is 2.31. The molecule has 1 aliphatic heterocycles. The van der Waals surface area contributed by atoms with Crippen molar-refractivity contribution >= 4 is 17.3 Å². The maximum atomic E-state index is 12.0. The molecule has 0 bridgehead atoms. The lowest BCUT2D eigenvalue weighted by molar-refractivity contribution is -0.117. The van der Waals surface area contributed by atoms with E-state index < -0.39 is 0 Å². The van der Waals surface area contributed by atoms with E-state index in [9.17, 15) is 4.79 Å². The molecule has 5 nitrogen and oxygen atoms in total. The Morgan fingerprint density at radius 2 is 2.18 bits per heavy atom. The molecule has 1 fully saturated rings. The van der Waals surface area contributed by atoms with Crippen LogP contribution in [0.25, 0.3) is 0 Å². The van der Waals surface area contributed by atoms with Gasteiger partial charge >= 0.3 is 0 Å². The van der Waals surface area contributed by atoms with Crippen LogP contribution in [0.2, 0.25) is 0 Å². The van der Waals surface area contributed by atoms with Gasteiger partial charge in [-0.1, -0.05) is 26.8 Å². The van der Waals surface area contributed by atoms with E-state index in [0.717, 1.165) is 43.7 Å². The second-order valence-corrected chi connectivity index (χ2v) is 7.89. The largest absolute Gasteiger partial charge is 0.384 e. The number of anilines is 2. The maximum absolute atomic E-state index is 12.0. The number of carbonyl (C=O) groups is 1. The predicted octanol–water partition coefficient (Wildman–Crippen LogP) is 4.91. The van der Waals surface area contributed by atoms with E-state index in [-0.39, 0.29) is 5.91 Å². The zero-order valence-corrected chi connectivity index (χ0v) is 18.1. The van der Waals surface area contributed by atoms with Gasteiger partial charge in [-0.2, -0.15) is 0 Å². The molecule has 1 N–H and O–H groups in total. The van der Waals surface area contributed by atoms with E-state index in [4.69, 9.17) is 9.47 Å². The van der Waals surface area contributed by atoms with Gasteiger partial charge < -0.3 is 19.7 Å². The monoisotopic (exact) mass is 388 g/mol. The van der Waals surface area contributed by atoms with Crippen LogP contribution in [0.5, 0.6) is 0 Å². The number of carbonyl (C=O) groups excluding carboxylic acids is 1. The summed E-state index contributed by atoms with van der Waals surface area (Å²) in [6.07, 6.45) is 6.15. The number of rotatable bonds is 11. The van der Waals surface area contributed by atoms with Gasteiger partial charge in [-0.05, 0) is 55.9 Å². The molecule has 1 atom stereocenters. The molecule has 1 unspecified atom stereocenters. The van der Waals surface area contributed by atoms with Crippen LogP contribution in [0.1, 0.15) is 52.0 Å². The van der Waals surface area contributed by atoms with Crippen molar-refractivity contribution in [1.82, 2.24) is 0 Å². The molecule has 28 heavy (non-hydrogen) atoms. The van der Waals surface area contributed by atoms with E-state index in [1.807, 2.05) is 12.1 Å². The van der Waals surface area contributed by atoms with Gasteiger partial charge in [0.1, 0.15) is 0 Å². The highest BCUT2D eigenvalue weighted by atomic mass is 16.5. The van der Waals surface area contributed by atoms with Crippen molar-refractivity contribution in [3.05, 3.63) is 35.5 Å². The summed E-state index contributed by atoms with van der Waals surface area (Å²) in [5.41, 5.74) is 4.51. The Morgan fingerprint density at radius 3 is 2.71 bits per heavy atom. The van der Waals surface area contributed by atoms with Crippen LogP contribution >= 0.6 is 0 Å². The van der Waals surface area contributed by atoms with Gasteiger partial charge in [0.05, 0.1) is 19.1 Å². The molecule has 1 aromatic carbocycles. The third kappa shape index (κ3) is 6.64. The van der Waals surface area contributed by atoms with Crippen LogP contribution in [0.3, 0.4) is 0 Å². The number of benzene rings is 1. The Bertz CT molecular complexity index is 666. The van der Waals surface area contributed by atoms with Crippen molar-refractivity contribution in [1.29, 1.82) is 0 Å². The van der Waals surface area contributed by atoms with Gasteiger partial charge in [-0.25, -0.2) is 0 Å². The molecule has 0 aliphatic carbocycles. The van der Waals surface area contributed by atoms with Crippen LogP contribution in [0, 0.1) is 12.8 Å². The fraction of sp³-hybridized carbons (Fsp3) is 0.609. The smallest absolute Gasteiger partial charge is 0.226 e. The number of hydrogen-bond acceptors (Lipinski definition) is 4. The summed E-state index contributed by atoms with van der Waals surface area (Å²) >= 11 is 0. The van der Waals surface area contributed by atoms with Crippen molar-refractivity contribution in [3.63, 3.8) is 0 Å². The van der Waals surface area contributed by atoms with Gasteiger partial charge in [0.2, 0.25) is 5.91 Å². The number of nitrogens with one attached hydrogen (secondary N) is 1. The SMILES string of the molecule is CC/C=C(\CC(C)C)N(CC1CCO1)c1ccc(NC(=O)CCOC)cc1C. The standard InChI is InChI=1S/C23H36N2O3/c1-6-7-20(14-17(2)3)25(16-21-10-13-28-21)22-9-8-19(15-18(22)4)24-23(26)11-12-27-5/h7-9,15,17,21H,6,10-14,16H2,1-5H3,(H,24,26)/b20-7+. The van der Waals surface area contributed by atoms with Crippen molar-refractivity contribution in [2.75, 3.05) is 37.1 Å². The van der Waals surface area contributed by atoms with Crippen LogP contribution in [-0.2, 0) is 14.3 Å². The van der Waals surface area contributed by atoms with Gasteiger partial charge in [0.25, 0.3) is 0 Å². The molecule has 1 amide bonds. The lowest BCUT2D eigenvalue weighted by atomic mass is 10.0. The lowest BCUT2D eigenvalue weighted by Gasteiger charge is -2.37. The summed E-state index contributed by atoms with van der Waals surface area (Å²) in [6, 6.07) is 6.15. The summed E-state index contributed by atoms with van der Waals surface area (Å²) in [7, 11) is 1.60. The van der Waals surface area contributed by atoms with Gasteiger partial charge in [0.15, 0.2) is 0 Å². The molecular weight excluding hydrogens is 352 g/mol. The molecule has 5 heteroatoms. The molecule has 2 rings (SSSR count). The quantitative estimate of drug-likeness (QED) is 0.585. The minimum Gasteiger partial charge on any atom is -0.384 e. The molecule has 1 aromatic rings.